The molecule has 0 aromatic carbocycles. The van der Waals surface area contributed by atoms with Crippen LogP contribution in [0.2, 0.25) is 0 Å². The van der Waals surface area contributed by atoms with Crippen molar-refractivity contribution in [1.82, 2.24) is 4.90 Å². The van der Waals surface area contributed by atoms with Crippen molar-refractivity contribution in [2.45, 2.75) is 51.4 Å². The fraction of sp³-hybridized carbons (Fsp3) is 1.00. The third kappa shape index (κ3) is 4.47. The lowest BCUT2D eigenvalue weighted by atomic mass is 9.76. The second-order valence-corrected chi connectivity index (χ2v) is 5.55. The number of rotatable bonds is 3. The number of halogens is 3. The van der Waals surface area contributed by atoms with Gasteiger partial charge < -0.3 is 10.6 Å². The molecule has 0 amide bonds. The lowest BCUT2D eigenvalue weighted by Crippen LogP contribution is -2.54. The summed E-state index contributed by atoms with van der Waals surface area (Å²) in [5.41, 5.74) is 6.08. The van der Waals surface area contributed by atoms with Crippen molar-refractivity contribution in [2.24, 2.45) is 17.6 Å². The first-order chi connectivity index (χ1) is 7.70. The van der Waals surface area contributed by atoms with Crippen LogP contribution in [-0.2, 0) is 0 Å². The van der Waals surface area contributed by atoms with Gasteiger partial charge in [-0.25, -0.2) is 0 Å². The predicted molar refractivity (Wildman–Crippen MR) is 62.6 cm³/mol. The third-order valence-corrected chi connectivity index (χ3v) is 3.73. The zero-order chi connectivity index (χ0) is 13.2. The van der Waals surface area contributed by atoms with Gasteiger partial charge >= 0.3 is 6.18 Å². The Morgan fingerprint density at radius 1 is 1.24 bits per heavy atom. The van der Waals surface area contributed by atoms with Crippen LogP contribution in [0.3, 0.4) is 0 Å². The number of hydrogen-bond donors (Lipinski definition) is 1. The predicted octanol–water partition coefficient (Wildman–Crippen LogP) is 2.63. The molecule has 1 saturated carbocycles. The summed E-state index contributed by atoms with van der Waals surface area (Å²) < 4.78 is 36.5. The van der Waals surface area contributed by atoms with Gasteiger partial charge in [0.25, 0.3) is 0 Å². The van der Waals surface area contributed by atoms with E-state index < -0.39 is 12.6 Å². The lowest BCUT2D eigenvalue weighted by Gasteiger charge is -2.43. The molecule has 0 saturated heterocycles. The van der Waals surface area contributed by atoms with Crippen LogP contribution < -0.4 is 5.73 Å². The molecule has 0 aliphatic heterocycles. The van der Waals surface area contributed by atoms with Gasteiger partial charge in [-0.3, -0.25) is 0 Å². The highest BCUT2D eigenvalue weighted by molar-refractivity contribution is 4.91. The van der Waals surface area contributed by atoms with Crippen LogP contribution in [-0.4, -0.2) is 36.8 Å². The quantitative estimate of drug-likeness (QED) is 0.836. The number of nitrogens with zero attached hydrogens (tertiary/aromatic N) is 1. The molecule has 0 aromatic heterocycles. The van der Waals surface area contributed by atoms with E-state index in [1.165, 1.54) is 0 Å². The van der Waals surface area contributed by atoms with Gasteiger partial charge in [0.05, 0.1) is 6.42 Å². The highest BCUT2D eigenvalue weighted by atomic mass is 19.4. The van der Waals surface area contributed by atoms with Gasteiger partial charge in [0.1, 0.15) is 0 Å². The topological polar surface area (TPSA) is 29.3 Å². The van der Waals surface area contributed by atoms with Gasteiger partial charge in [0.2, 0.25) is 0 Å². The molecular formula is C12H23F3N2. The van der Waals surface area contributed by atoms with E-state index in [0.29, 0.717) is 11.8 Å². The minimum Gasteiger partial charge on any atom is -0.326 e. The Kier molecular flexibility index (Phi) is 4.84. The molecule has 1 fully saturated rings. The monoisotopic (exact) mass is 252 g/mol. The maximum atomic E-state index is 12.2. The van der Waals surface area contributed by atoms with Crippen molar-refractivity contribution in [2.75, 3.05) is 13.6 Å². The summed E-state index contributed by atoms with van der Waals surface area (Å²) in [6.07, 6.45) is -2.88. The standard InChI is InChI=1S/C12H23F3N2/c1-8-6-9(2)11(10(16)7-8)17(3)5-4-12(13,14)15/h8-11H,4-7,16H2,1-3H3. The van der Waals surface area contributed by atoms with E-state index in [9.17, 15) is 13.2 Å². The summed E-state index contributed by atoms with van der Waals surface area (Å²) in [4.78, 5) is 1.79. The molecule has 5 heteroatoms. The van der Waals surface area contributed by atoms with Crippen molar-refractivity contribution in [3.05, 3.63) is 0 Å². The number of hydrogen-bond acceptors (Lipinski definition) is 2. The highest BCUT2D eigenvalue weighted by Crippen LogP contribution is 2.31. The smallest absolute Gasteiger partial charge is 0.326 e. The molecule has 4 atom stereocenters. The molecule has 1 aliphatic rings. The molecular weight excluding hydrogens is 229 g/mol. The van der Waals surface area contributed by atoms with Crippen LogP contribution in [0.5, 0.6) is 0 Å². The van der Waals surface area contributed by atoms with Gasteiger partial charge in [-0.1, -0.05) is 13.8 Å². The lowest BCUT2D eigenvalue weighted by molar-refractivity contribution is -0.139. The van der Waals surface area contributed by atoms with Crippen LogP contribution in [0, 0.1) is 11.8 Å². The first-order valence-electron chi connectivity index (χ1n) is 6.23. The molecule has 1 rings (SSSR count). The third-order valence-electron chi connectivity index (χ3n) is 3.73. The minimum atomic E-state index is -4.08. The van der Waals surface area contributed by atoms with Gasteiger partial charge in [-0.15, -0.1) is 0 Å². The normalized spacial score (nSPS) is 35.3. The van der Waals surface area contributed by atoms with Gasteiger partial charge in [0.15, 0.2) is 0 Å². The van der Waals surface area contributed by atoms with Gasteiger partial charge in [-0.05, 0) is 31.7 Å². The molecule has 0 spiro atoms. The molecule has 0 radical (unpaired) electrons. The second-order valence-electron chi connectivity index (χ2n) is 5.55. The maximum Gasteiger partial charge on any atom is 0.390 e. The summed E-state index contributed by atoms with van der Waals surface area (Å²) in [6.45, 7) is 4.28. The first kappa shape index (κ1) is 14.8. The van der Waals surface area contributed by atoms with E-state index in [0.717, 1.165) is 12.8 Å². The van der Waals surface area contributed by atoms with Crippen molar-refractivity contribution >= 4 is 0 Å². The van der Waals surface area contributed by atoms with E-state index in [-0.39, 0.29) is 18.6 Å². The first-order valence-corrected chi connectivity index (χ1v) is 6.23. The largest absolute Gasteiger partial charge is 0.390 e. The molecule has 0 bridgehead atoms. The second kappa shape index (κ2) is 5.57. The Morgan fingerprint density at radius 3 is 2.29 bits per heavy atom. The average molecular weight is 252 g/mol. The van der Waals surface area contributed by atoms with Crippen molar-refractivity contribution < 1.29 is 13.2 Å². The number of likely N-dealkylation sites (N-methyl/N-ethyl adjacent to an activating group) is 1. The van der Waals surface area contributed by atoms with Crippen LogP contribution in [0.4, 0.5) is 13.2 Å². The molecule has 17 heavy (non-hydrogen) atoms. The molecule has 4 unspecified atom stereocenters. The summed E-state index contributed by atoms with van der Waals surface area (Å²) in [7, 11) is 1.75. The fourth-order valence-electron chi connectivity index (χ4n) is 3.11. The minimum absolute atomic E-state index is 0.00742. The SMILES string of the molecule is CC1CC(C)C(N(C)CCC(F)(F)F)C(N)C1. The molecule has 102 valence electrons. The Bertz CT molecular complexity index is 230. The van der Waals surface area contributed by atoms with E-state index in [1.54, 1.807) is 11.9 Å². The zero-order valence-corrected chi connectivity index (χ0v) is 10.8. The molecule has 0 heterocycles. The summed E-state index contributed by atoms with van der Waals surface area (Å²) in [6, 6.07) is 0.0699. The molecule has 0 aromatic rings. The van der Waals surface area contributed by atoms with Gasteiger partial charge in [-0.2, -0.15) is 13.2 Å². The summed E-state index contributed by atoms with van der Waals surface area (Å²) >= 11 is 0. The van der Waals surface area contributed by atoms with E-state index in [2.05, 4.69) is 13.8 Å². The number of alkyl halides is 3. The molecule has 2 N–H and O–H groups in total. The molecule has 2 nitrogen and oxygen atoms in total. The van der Waals surface area contributed by atoms with E-state index in [1.807, 2.05) is 0 Å². The van der Waals surface area contributed by atoms with Crippen LogP contribution >= 0.6 is 0 Å². The van der Waals surface area contributed by atoms with Crippen LogP contribution in [0.25, 0.3) is 0 Å². The highest BCUT2D eigenvalue weighted by Gasteiger charge is 2.36. The van der Waals surface area contributed by atoms with Gasteiger partial charge in [0, 0.05) is 18.6 Å². The van der Waals surface area contributed by atoms with Crippen LogP contribution in [0.15, 0.2) is 0 Å². The fourth-order valence-corrected chi connectivity index (χ4v) is 3.11. The Morgan fingerprint density at radius 2 is 1.82 bits per heavy atom. The van der Waals surface area contributed by atoms with Crippen LogP contribution in [0.1, 0.15) is 33.1 Å². The Labute approximate surface area is 101 Å². The number of nitrogens with two attached hydrogens (primary N) is 1. The maximum absolute atomic E-state index is 12.2. The zero-order valence-electron chi connectivity index (χ0n) is 10.8. The summed E-state index contributed by atoms with van der Waals surface area (Å²) in [5.74, 6) is 0.944. The van der Waals surface area contributed by atoms with E-state index in [4.69, 9.17) is 5.73 Å². The molecule has 1 aliphatic carbocycles. The van der Waals surface area contributed by atoms with Crippen molar-refractivity contribution in [3.8, 4) is 0 Å². The Balaban J connectivity index is 2.52. The average Bonchev–Trinajstić information content (AvgIpc) is 2.11. The summed E-state index contributed by atoms with van der Waals surface area (Å²) in [5, 5.41) is 0. The Hall–Kier alpha value is -0.290. The van der Waals surface area contributed by atoms with Crippen molar-refractivity contribution in [3.63, 3.8) is 0 Å². The van der Waals surface area contributed by atoms with E-state index >= 15 is 0 Å². The van der Waals surface area contributed by atoms with Crippen molar-refractivity contribution in [1.29, 1.82) is 0 Å².